The molecule has 0 spiro atoms. The molecule has 0 fully saturated rings. The predicted octanol–water partition coefficient (Wildman–Crippen LogP) is 2.01. The van der Waals surface area contributed by atoms with Gasteiger partial charge in [-0.2, -0.15) is 0 Å². The molecule has 90 valence electrons. The molecule has 1 aromatic carbocycles. The van der Waals surface area contributed by atoms with E-state index in [1.165, 1.54) is 6.07 Å². The quantitative estimate of drug-likeness (QED) is 0.576. The molecule has 4 heteroatoms. The zero-order valence-corrected chi connectivity index (χ0v) is 9.62. The molecule has 0 unspecified atom stereocenters. The van der Waals surface area contributed by atoms with E-state index in [1.807, 2.05) is 18.0 Å². The SMILES string of the molecule is CN(CCCCCO)c1cccc(F)c1N. The lowest BCUT2D eigenvalue weighted by Crippen LogP contribution is -2.20. The number of unbranched alkanes of at least 4 members (excludes halogenated alkanes) is 2. The average Bonchev–Trinajstić information content (AvgIpc) is 2.28. The third-order valence-corrected chi connectivity index (χ3v) is 2.59. The first-order valence-corrected chi connectivity index (χ1v) is 5.52. The summed E-state index contributed by atoms with van der Waals surface area (Å²) in [6.07, 6.45) is 2.75. The first-order chi connectivity index (χ1) is 7.66. The van der Waals surface area contributed by atoms with Crippen molar-refractivity contribution < 1.29 is 9.50 Å². The van der Waals surface area contributed by atoms with E-state index < -0.39 is 0 Å². The number of para-hydroxylation sites is 1. The van der Waals surface area contributed by atoms with Gasteiger partial charge in [0.1, 0.15) is 5.82 Å². The maximum absolute atomic E-state index is 13.2. The summed E-state index contributed by atoms with van der Waals surface area (Å²) in [5, 5.41) is 8.65. The first-order valence-electron chi connectivity index (χ1n) is 5.52. The van der Waals surface area contributed by atoms with E-state index in [-0.39, 0.29) is 18.1 Å². The first kappa shape index (κ1) is 12.8. The molecule has 0 aliphatic carbocycles. The Morgan fingerprint density at radius 1 is 1.31 bits per heavy atom. The van der Waals surface area contributed by atoms with Crippen LogP contribution in [0.1, 0.15) is 19.3 Å². The van der Waals surface area contributed by atoms with E-state index in [1.54, 1.807) is 6.07 Å². The molecule has 0 aliphatic heterocycles. The smallest absolute Gasteiger partial charge is 0.148 e. The highest BCUT2D eigenvalue weighted by molar-refractivity contribution is 5.67. The monoisotopic (exact) mass is 226 g/mol. The molecule has 1 aromatic rings. The molecule has 0 amide bonds. The molecule has 0 radical (unpaired) electrons. The van der Waals surface area contributed by atoms with Gasteiger partial charge < -0.3 is 15.7 Å². The Kier molecular flexibility index (Phi) is 5.05. The molecule has 0 atom stereocenters. The van der Waals surface area contributed by atoms with Gasteiger partial charge in [-0.1, -0.05) is 6.07 Å². The van der Waals surface area contributed by atoms with Gasteiger partial charge in [-0.25, -0.2) is 4.39 Å². The van der Waals surface area contributed by atoms with Crippen LogP contribution < -0.4 is 10.6 Å². The zero-order chi connectivity index (χ0) is 12.0. The summed E-state index contributed by atoms with van der Waals surface area (Å²) in [4.78, 5) is 1.94. The van der Waals surface area contributed by atoms with Crippen LogP contribution in [0.25, 0.3) is 0 Å². The number of benzene rings is 1. The number of nitrogens with two attached hydrogens (primary N) is 1. The van der Waals surface area contributed by atoms with Crippen molar-refractivity contribution in [3.8, 4) is 0 Å². The lowest BCUT2D eigenvalue weighted by atomic mass is 10.2. The van der Waals surface area contributed by atoms with Gasteiger partial charge in [0.25, 0.3) is 0 Å². The van der Waals surface area contributed by atoms with Gasteiger partial charge in [0.15, 0.2) is 0 Å². The van der Waals surface area contributed by atoms with E-state index in [0.29, 0.717) is 0 Å². The molecule has 0 aliphatic rings. The predicted molar refractivity (Wildman–Crippen MR) is 65.0 cm³/mol. The number of anilines is 2. The fraction of sp³-hybridized carbons (Fsp3) is 0.500. The van der Waals surface area contributed by atoms with Gasteiger partial charge in [-0.15, -0.1) is 0 Å². The topological polar surface area (TPSA) is 49.5 Å². The summed E-state index contributed by atoms with van der Waals surface area (Å²) < 4.78 is 13.2. The molecule has 1 rings (SSSR count). The Morgan fingerprint density at radius 2 is 2.06 bits per heavy atom. The third kappa shape index (κ3) is 3.38. The van der Waals surface area contributed by atoms with Gasteiger partial charge in [-0.05, 0) is 31.4 Å². The van der Waals surface area contributed by atoms with Gasteiger partial charge in [0.2, 0.25) is 0 Å². The Hall–Kier alpha value is -1.29. The summed E-state index contributed by atoms with van der Waals surface area (Å²) in [5.41, 5.74) is 6.58. The van der Waals surface area contributed by atoms with Crippen LogP contribution in [-0.4, -0.2) is 25.3 Å². The second kappa shape index (κ2) is 6.33. The van der Waals surface area contributed by atoms with Crippen molar-refractivity contribution in [1.29, 1.82) is 0 Å². The number of aliphatic hydroxyl groups excluding tert-OH is 1. The fourth-order valence-corrected chi connectivity index (χ4v) is 1.62. The molecule has 0 saturated carbocycles. The van der Waals surface area contributed by atoms with E-state index in [4.69, 9.17) is 10.8 Å². The van der Waals surface area contributed by atoms with E-state index in [0.717, 1.165) is 31.5 Å². The highest BCUT2D eigenvalue weighted by Gasteiger charge is 2.08. The number of nitrogens with zero attached hydrogens (tertiary/aromatic N) is 1. The summed E-state index contributed by atoms with van der Waals surface area (Å²) in [6.45, 7) is 1.04. The lowest BCUT2D eigenvalue weighted by Gasteiger charge is -2.21. The second-order valence-corrected chi connectivity index (χ2v) is 3.88. The van der Waals surface area contributed by atoms with Crippen LogP contribution in [0.5, 0.6) is 0 Å². The van der Waals surface area contributed by atoms with Crippen molar-refractivity contribution in [1.82, 2.24) is 0 Å². The van der Waals surface area contributed by atoms with Gasteiger partial charge in [-0.3, -0.25) is 0 Å². The number of halogens is 1. The molecular formula is C12H19FN2O. The van der Waals surface area contributed by atoms with Crippen LogP contribution >= 0.6 is 0 Å². The highest BCUT2D eigenvalue weighted by Crippen LogP contribution is 2.24. The van der Waals surface area contributed by atoms with Crippen molar-refractivity contribution in [3.63, 3.8) is 0 Å². The summed E-state index contributed by atoms with van der Waals surface area (Å²) in [7, 11) is 1.89. The number of hydrogen-bond donors (Lipinski definition) is 2. The number of rotatable bonds is 6. The summed E-state index contributed by atoms with van der Waals surface area (Å²) in [5.74, 6) is -0.375. The largest absolute Gasteiger partial charge is 0.396 e. The van der Waals surface area contributed by atoms with Crippen LogP contribution in [0.4, 0.5) is 15.8 Å². The minimum absolute atomic E-state index is 0.201. The number of nitrogen functional groups attached to an aromatic ring is 1. The lowest BCUT2D eigenvalue weighted by molar-refractivity contribution is 0.283. The molecule has 3 N–H and O–H groups in total. The van der Waals surface area contributed by atoms with Crippen LogP contribution in [0.3, 0.4) is 0 Å². The van der Waals surface area contributed by atoms with Crippen molar-refractivity contribution in [3.05, 3.63) is 24.0 Å². The normalized spacial score (nSPS) is 10.4. The number of hydrogen-bond acceptors (Lipinski definition) is 3. The number of aliphatic hydroxyl groups is 1. The standard InChI is InChI=1S/C12H19FN2O/c1-15(8-3-2-4-9-16)11-7-5-6-10(13)12(11)14/h5-7,16H,2-4,8-9,14H2,1H3. The molecule has 0 saturated heterocycles. The third-order valence-electron chi connectivity index (χ3n) is 2.59. The Balaban J connectivity index is 2.52. The van der Waals surface area contributed by atoms with Gasteiger partial charge in [0.05, 0.1) is 11.4 Å². The molecule has 0 bridgehead atoms. The fourth-order valence-electron chi connectivity index (χ4n) is 1.62. The minimum Gasteiger partial charge on any atom is -0.396 e. The molecule has 0 heterocycles. The molecule has 3 nitrogen and oxygen atoms in total. The Morgan fingerprint density at radius 3 is 2.75 bits per heavy atom. The maximum atomic E-state index is 13.2. The van der Waals surface area contributed by atoms with Gasteiger partial charge >= 0.3 is 0 Å². The second-order valence-electron chi connectivity index (χ2n) is 3.88. The molecule has 16 heavy (non-hydrogen) atoms. The van der Waals surface area contributed by atoms with E-state index >= 15 is 0 Å². The van der Waals surface area contributed by atoms with Crippen molar-refractivity contribution in [2.24, 2.45) is 0 Å². The Bertz CT molecular complexity index is 331. The minimum atomic E-state index is -0.375. The van der Waals surface area contributed by atoms with Crippen LogP contribution in [0.15, 0.2) is 18.2 Å². The van der Waals surface area contributed by atoms with Crippen LogP contribution in [0.2, 0.25) is 0 Å². The van der Waals surface area contributed by atoms with Crippen molar-refractivity contribution >= 4 is 11.4 Å². The molecular weight excluding hydrogens is 207 g/mol. The van der Waals surface area contributed by atoms with Crippen molar-refractivity contribution in [2.75, 3.05) is 30.8 Å². The Labute approximate surface area is 95.7 Å². The zero-order valence-electron chi connectivity index (χ0n) is 9.62. The van der Waals surface area contributed by atoms with E-state index in [9.17, 15) is 4.39 Å². The maximum Gasteiger partial charge on any atom is 0.148 e. The highest BCUT2D eigenvalue weighted by atomic mass is 19.1. The van der Waals surface area contributed by atoms with Crippen molar-refractivity contribution in [2.45, 2.75) is 19.3 Å². The summed E-state index contributed by atoms with van der Waals surface area (Å²) >= 11 is 0. The summed E-state index contributed by atoms with van der Waals surface area (Å²) in [6, 6.07) is 4.83. The van der Waals surface area contributed by atoms with Crippen LogP contribution in [0, 0.1) is 5.82 Å². The van der Waals surface area contributed by atoms with Gasteiger partial charge in [0, 0.05) is 20.2 Å². The van der Waals surface area contributed by atoms with Crippen LogP contribution in [-0.2, 0) is 0 Å². The average molecular weight is 226 g/mol. The van der Waals surface area contributed by atoms with E-state index in [2.05, 4.69) is 0 Å². The molecule has 0 aromatic heterocycles.